The van der Waals surface area contributed by atoms with Gasteiger partial charge in [-0.3, -0.25) is 0 Å². The standard InChI is InChI=1S/C14H22O2/c1-10(2)12-6-5-7-13(8-12)16-9-14(15)11(3)4/h5-8,10-11,14-15H,9H2,1-4H3. The van der Waals surface area contributed by atoms with Crippen molar-refractivity contribution in [1.82, 2.24) is 0 Å². The molecule has 2 heteroatoms. The molecule has 0 saturated heterocycles. The molecule has 0 radical (unpaired) electrons. The molecule has 1 aromatic rings. The Morgan fingerprint density at radius 3 is 2.44 bits per heavy atom. The zero-order valence-electron chi connectivity index (χ0n) is 10.6. The minimum absolute atomic E-state index is 0.230. The fourth-order valence-corrected chi connectivity index (χ4v) is 1.34. The van der Waals surface area contributed by atoms with E-state index >= 15 is 0 Å². The minimum Gasteiger partial charge on any atom is -0.491 e. The highest BCUT2D eigenvalue weighted by Crippen LogP contribution is 2.20. The van der Waals surface area contributed by atoms with E-state index in [0.29, 0.717) is 12.5 Å². The van der Waals surface area contributed by atoms with Crippen molar-refractivity contribution in [3.8, 4) is 5.75 Å². The van der Waals surface area contributed by atoms with Crippen LogP contribution < -0.4 is 4.74 Å². The molecule has 0 fully saturated rings. The van der Waals surface area contributed by atoms with E-state index in [9.17, 15) is 5.11 Å². The Morgan fingerprint density at radius 2 is 1.88 bits per heavy atom. The third-order valence-electron chi connectivity index (χ3n) is 2.72. The molecule has 2 nitrogen and oxygen atoms in total. The summed E-state index contributed by atoms with van der Waals surface area (Å²) in [6, 6.07) is 8.06. The largest absolute Gasteiger partial charge is 0.491 e. The molecule has 0 aliphatic heterocycles. The van der Waals surface area contributed by atoms with Crippen LogP contribution >= 0.6 is 0 Å². The van der Waals surface area contributed by atoms with E-state index in [2.05, 4.69) is 19.9 Å². The van der Waals surface area contributed by atoms with Crippen LogP contribution in [0.3, 0.4) is 0 Å². The predicted octanol–water partition coefficient (Wildman–Crippen LogP) is 3.21. The van der Waals surface area contributed by atoms with E-state index in [1.807, 2.05) is 32.0 Å². The molecule has 1 rings (SSSR count). The molecule has 0 amide bonds. The summed E-state index contributed by atoms with van der Waals surface area (Å²) in [7, 11) is 0. The first-order chi connectivity index (χ1) is 7.50. The van der Waals surface area contributed by atoms with Gasteiger partial charge in [0.1, 0.15) is 12.4 Å². The van der Waals surface area contributed by atoms with Crippen LogP contribution in [0.25, 0.3) is 0 Å². The Labute approximate surface area is 98.3 Å². The van der Waals surface area contributed by atoms with Crippen LogP contribution in [0.1, 0.15) is 39.2 Å². The topological polar surface area (TPSA) is 29.5 Å². The maximum absolute atomic E-state index is 9.64. The number of aliphatic hydroxyl groups excluding tert-OH is 1. The Kier molecular flexibility index (Phi) is 4.81. The van der Waals surface area contributed by atoms with E-state index in [-0.39, 0.29) is 5.92 Å². The van der Waals surface area contributed by atoms with Gasteiger partial charge in [-0.25, -0.2) is 0 Å². The summed E-state index contributed by atoms with van der Waals surface area (Å²) in [4.78, 5) is 0. The van der Waals surface area contributed by atoms with E-state index in [1.165, 1.54) is 5.56 Å². The Hall–Kier alpha value is -1.02. The quantitative estimate of drug-likeness (QED) is 0.829. The number of hydrogen-bond donors (Lipinski definition) is 1. The molecule has 90 valence electrons. The monoisotopic (exact) mass is 222 g/mol. The first kappa shape index (κ1) is 13.0. The van der Waals surface area contributed by atoms with Crippen molar-refractivity contribution in [3.63, 3.8) is 0 Å². The van der Waals surface area contributed by atoms with Gasteiger partial charge in [-0.1, -0.05) is 39.8 Å². The predicted molar refractivity (Wildman–Crippen MR) is 66.9 cm³/mol. The van der Waals surface area contributed by atoms with Gasteiger partial charge in [0.2, 0.25) is 0 Å². The molecule has 16 heavy (non-hydrogen) atoms. The van der Waals surface area contributed by atoms with Crippen LogP contribution in [0.4, 0.5) is 0 Å². The maximum atomic E-state index is 9.64. The lowest BCUT2D eigenvalue weighted by atomic mass is 10.0. The first-order valence-electron chi connectivity index (χ1n) is 5.91. The molecular formula is C14H22O2. The highest BCUT2D eigenvalue weighted by atomic mass is 16.5. The van der Waals surface area contributed by atoms with Gasteiger partial charge in [0.15, 0.2) is 0 Å². The number of aliphatic hydroxyl groups is 1. The van der Waals surface area contributed by atoms with Crippen molar-refractivity contribution in [1.29, 1.82) is 0 Å². The fourth-order valence-electron chi connectivity index (χ4n) is 1.34. The van der Waals surface area contributed by atoms with Gasteiger partial charge < -0.3 is 9.84 Å². The molecule has 0 spiro atoms. The SMILES string of the molecule is CC(C)c1cccc(OCC(O)C(C)C)c1. The lowest BCUT2D eigenvalue weighted by molar-refractivity contribution is 0.0701. The highest BCUT2D eigenvalue weighted by molar-refractivity contribution is 5.30. The number of rotatable bonds is 5. The Bertz CT molecular complexity index is 318. The molecule has 0 bridgehead atoms. The summed E-state index contributed by atoms with van der Waals surface area (Å²) in [5.41, 5.74) is 1.26. The zero-order chi connectivity index (χ0) is 12.1. The van der Waals surface area contributed by atoms with Crippen LogP contribution in [0.5, 0.6) is 5.75 Å². The molecule has 0 saturated carbocycles. The molecule has 0 heterocycles. The van der Waals surface area contributed by atoms with E-state index in [1.54, 1.807) is 0 Å². The molecule has 1 unspecified atom stereocenters. The Balaban J connectivity index is 2.57. The third kappa shape index (κ3) is 3.86. The smallest absolute Gasteiger partial charge is 0.119 e. The molecule has 0 aromatic heterocycles. The van der Waals surface area contributed by atoms with E-state index in [0.717, 1.165) is 5.75 Å². The van der Waals surface area contributed by atoms with Gasteiger partial charge in [-0.15, -0.1) is 0 Å². The van der Waals surface area contributed by atoms with Gasteiger partial charge in [0.25, 0.3) is 0 Å². The molecule has 1 atom stereocenters. The summed E-state index contributed by atoms with van der Waals surface area (Å²) >= 11 is 0. The average Bonchev–Trinajstić information content (AvgIpc) is 2.26. The second-order valence-electron chi connectivity index (χ2n) is 4.85. The van der Waals surface area contributed by atoms with Gasteiger partial charge >= 0.3 is 0 Å². The highest BCUT2D eigenvalue weighted by Gasteiger charge is 2.10. The lowest BCUT2D eigenvalue weighted by Crippen LogP contribution is -2.23. The van der Waals surface area contributed by atoms with Crippen molar-refractivity contribution in [3.05, 3.63) is 29.8 Å². The van der Waals surface area contributed by atoms with Crippen LogP contribution in [-0.4, -0.2) is 17.8 Å². The van der Waals surface area contributed by atoms with Crippen molar-refractivity contribution < 1.29 is 9.84 Å². The normalized spacial score (nSPS) is 13.2. The van der Waals surface area contributed by atoms with Crippen LogP contribution in [0.15, 0.2) is 24.3 Å². The summed E-state index contributed by atoms with van der Waals surface area (Å²) in [6.07, 6.45) is -0.400. The molecule has 1 aromatic carbocycles. The second kappa shape index (κ2) is 5.90. The van der Waals surface area contributed by atoms with Crippen molar-refractivity contribution in [2.75, 3.05) is 6.61 Å². The van der Waals surface area contributed by atoms with Crippen molar-refractivity contribution in [2.24, 2.45) is 5.92 Å². The maximum Gasteiger partial charge on any atom is 0.119 e. The van der Waals surface area contributed by atoms with Gasteiger partial charge in [0.05, 0.1) is 6.10 Å². The van der Waals surface area contributed by atoms with Crippen molar-refractivity contribution in [2.45, 2.75) is 39.7 Å². The summed E-state index contributed by atoms with van der Waals surface area (Å²) in [6.45, 7) is 8.64. The molecule has 0 aliphatic rings. The van der Waals surface area contributed by atoms with Crippen LogP contribution in [-0.2, 0) is 0 Å². The van der Waals surface area contributed by atoms with E-state index < -0.39 is 6.10 Å². The van der Waals surface area contributed by atoms with E-state index in [4.69, 9.17) is 4.74 Å². The number of ether oxygens (including phenoxy) is 1. The molecular weight excluding hydrogens is 200 g/mol. The summed E-state index contributed by atoms with van der Waals surface area (Å²) in [5, 5.41) is 9.64. The molecule has 1 N–H and O–H groups in total. The van der Waals surface area contributed by atoms with Gasteiger partial charge in [-0.2, -0.15) is 0 Å². The van der Waals surface area contributed by atoms with Gasteiger partial charge in [0, 0.05) is 0 Å². The summed E-state index contributed by atoms with van der Waals surface area (Å²) in [5.74, 6) is 1.57. The first-order valence-corrected chi connectivity index (χ1v) is 5.91. The van der Waals surface area contributed by atoms with Gasteiger partial charge in [-0.05, 0) is 29.5 Å². The molecule has 0 aliphatic carbocycles. The second-order valence-corrected chi connectivity index (χ2v) is 4.85. The Morgan fingerprint density at radius 1 is 1.19 bits per heavy atom. The van der Waals surface area contributed by atoms with Crippen LogP contribution in [0, 0.1) is 5.92 Å². The number of hydrogen-bond acceptors (Lipinski definition) is 2. The van der Waals surface area contributed by atoms with Crippen LogP contribution in [0.2, 0.25) is 0 Å². The summed E-state index contributed by atoms with van der Waals surface area (Å²) < 4.78 is 5.57. The lowest BCUT2D eigenvalue weighted by Gasteiger charge is -2.16. The number of benzene rings is 1. The zero-order valence-corrected chi connectivity index (χ0v) is 10.6. The fraction of sp³-hybridized carbons (Fsp3) is 0.571. The third-order valence-corrected chi connectivity index (χ3v) is 2.72. The average molecular weight is 222 g/mol. The van der Waals surface area contributed by atoms with Crippen molar-refractivity contribution >= 4 is 0 Å². The minimum atomic E-state index is -0.400.